The van der Waals surface area contributed by atoms with Crippen molar-refractivity contribution in [1.82, 2.24) is 5.32 Å². The fraction of sp³-hybridized carbons (Fsp3) is 0.462. The van der Waals surface area contributed by atoms with Crippen molar-refractivity contribution >= 4 is 5.69 Å². The van der Waals surface area contributed by atoms with Gasteiger partial charge in [-0.15, -0.1) is 0 Å². The van der Waals surface area contributed by atoms with Gasteiger partial charge in [0.15, 0.2) is 0 Å². The van der Waals surface area contributed by atoms with E-state index in [1.54, 1.807) is 0 Å². The Morgan fingerprint density at radius 3 is 2.75 bits per heavy atom. The second-order valence-electron chi connectivity index (χ2n) is 4.31. The summed E-state index contributed by atoms with van der Waals surface area (Å²) in [5.74, 6) is 0. The molecule has 16 heavy (non-hydrogen) atoms. The molecule has 84 valence electrons. The molecule has 0 unspecified atom stereocenters. The van der Waals surface area contributed by atoms with Crippen molar-refractivity contribution in [3.63, 3.8) is 0 Å². The lowest BCUT2D eigenvalue weighted by molar-refractivity contribution is 0.479. The number of anilines is 1. The van der Waals surface area contributed by atoms with Crippen LogP contribution in [0.25, 0.3) is 0 Å². The molecule has 2 rings (SSSR count). The van der Waals surface area contributed by atoms with Crippen LogP contribution in [0.5, 0.6) is 0 Å². The van der Waals surface area contributed by atoms with Crippen molar-refractivity contribution in [1.29, 1.82) is 5.26 Å². The predicted octanol–water partition coefficient (Wildman–Crippen LogP) is 2.03. The number of hydrogen-bond donors (Lipinski definition) is 2. The molecule has 1 aliphatic heterocycles. The average Bonchev–Trinajstić information content (AvgIpc) is 2.31. The molecule has 3 nitrogen and oxygen atoms in total. The van der Waals surface area contributed by atoms with Gasteiger partial charge in [-0.1, -0.05) is 0 Å². The van der Waals surface area contributed by atoms with Gasteiger partial charge >= 0.3 is 0 Å². The number of rotatable bonds is 2. The highest BCUT2D eigenvalue weighted by molar-refractivity contribution is 5.52. The Bertz CT molecular complexity index is 400. The summed E-state index contributed by atoms with van der Waals surface area (Å²) in [5.41, 5.74) is 2.93. The largest absolute Gasteiger partial charge is 0.382 e. The number of nitriles is 1. The summed E-state index contributed by atoms with van der Waals surface area (Å²) in [6.07, 6.45) is 2.33. The maximum atomic E-state index is 8.85. The first-order valence-corrected chi connectivity index (χ1v) is 5.77. The number of piperidine rings is 1. The minimum atomic E-state index is 0.564. The van der Waals surface area contributed by atoms with Crippen molar-refractivity contribution in [3.8, 4) is 6.07 Å². The van der Waals surface area contributed by atoms with Gasteiger partial charge in [0.2, 0.25) is 0 Å². The molecule has 0 radical (unpaired) electrons. The summed E-state index contributed by atoms with van der Waals surface area (Å²) in [6, 6.07) is 8.69. The van der Waals surface area contributed by atoms with Crippen molar-refractivity contribution in [2.75, 3.05) is 18.4 Å². The fourth-order valence-electron chi connectivity index (χ4n) is 2.08. The van der Waals surface area contributed by atoms with Crippen molar-refractivity contribution in [3.05, 3.63) is 29.3 Å². The van der Waals surface area contributed by atoms with Gasteiger partial charge < -0.3 is 10.6 Å². The lowest BCUT2D eigenvalue weighted by Crippen LogP contribution is -2.35. The van der Waals surface area contributed by atoms with E-state index in [0.717, 1.165) is 29.9 Å². The molecule has 3 heteroatoms. The van der Waals surface area contributed by atoms with Gasteiger partial charge in [-0.2, -0.15) is 5.26 Å². The zero-order valence-corrected chi connectivity index (χ0v) is 9.59. The fourth-order valence-corrected chi connectivity index (χ4v) is 2.08. The molecular formula is C13H17N3. The number of benzene rings is 1. The van der Waals surface area contributed by atoms with Gasteiger partial charge in [-0.05, 0) is 56.6 Å². The van der Waals surface area contributed by atoms with E-state index in [4.69, 9.17) is 5.26 Å². The zero-order chi connectivity index (χ0) is 11.4. The van der Waals surface area contributed by atoms with E-state index in [-0.39, 0.29) is 0 Å². The summed E-state index contributed by atoms with van der Waals surface area (Å²) in [4.78, 5) is 0. The SMILES string of the molecule is Cc1cc(NC2CCNCC2)ccc1C#N. The third kappa shape index (κ3) is 2.53. The lowest BCUT2D eigenvalue weighted by Gasteiger charge is -2.24. The van der Waals surface area contributed by atoms with Gasteiger partial charge in [0.25, 0.3) is 0 Å². The number of nitrogens with zero attached hydrogens (tertiary/aromatic N) is 1. The molecule has 0 aliphatic carbocycles. The summed E-state index contributed by atoms with van der Waals surface area (Å²) in [7, 11) is 0. The van der Waals surface area contributed by atoms with Gasteiger partial charge in [-0.3, -0.25) is 0 Å². The third-order valence-electron chi connectivity index (χ3n) is 3.06. The topological polar surface area (TPSA) is 47.8 Å². The van der Waals surface area contributed by atoms with Crippen LogP contribution in [0.2, 0.25) is 0 Å². The standard InChI is InChI=1S/C13H17N3/c1-10-8-13(3-2-11(10)9-14)16-12-4-6-15-7-5-12/h2-3,8,12,15-16H,4-7H2,1H3. The van der Waals surface area contributed by atoms with E-state index in [2.05, 4.69) is 22.8 Å². The van der Waals surface area contributed by atoms with E-state index in [1.807, 2.05) is 19.1 Å². The van der Waals surface area contributed by atoms with Crippen LogP contribution in [0.3, 0.4) is 0 Å². The van der Waals surface area contributed by atoms with E-state index >= 15 is 0 Å². The molecule has 0 aromatic heterocycles. The monoisotopic (exact) mass is 215 g/mol. The van der Waals surface area contributed by atoms with Crippen LogP contribution in [-0.4, -0.2) is 19.1 Å². The molecule has 1 aromatic rings. The Kier molecular flexibility index (Phi) is 3.43. The van der Waals surface area contributed by atoms with Crippen molar-refractivity contribution in [2.24, 2.45) is 0 Å². The number of aryl methyl sites for hydroxylation is 1. The van der Waals surface area contributed by atoms with Crippen LogP contribution in [0.4, 0.5) is 5.69 Å². The molecule has 2 N–H and O–H groups in total. The van der Waals surface area contributed by atoms with Crippen LogP contribution in [0, 0.1) is 18.3 Å². The van der Waals surface area contributed by atoms with Gasteiger partial charge in [0, 0.05) is 11.7 Å². The first-order chi connectivity index (χ1) is 7.79. The summed E-state index contributed by atoms with van der Waals surface area (Å²) >= 11 is 0. The molecule has 1 saturated heterocycles. The Labute approximate surface area is 96.5 Å². The minimum Gasteiger partial charge on any atom is -0.382 e. The maximum absolute atomic E-state index is 8.85. The molecule has 0 amide bonds. The maximum Gasteiger partial charge on any atom is 0.0994 e. The molecule has 0 saturated carbocycles. The second-order valence-corrected chi connectivity index (χ2v) is 4.31. The van der Waals surface area contributed by atoms with Crippen molar-refractivity contribution < 1.29 is 0 Å². The highest BCUT2D eigenvalue weighted by atomic mass is 15.0. The van der Waals surface area contributed by atoms with Crippen LogP contribution in [-0.2, 0) is 0 Å². The first-order valence-electron chi connectivity index (χ1n) is 5.77. The smallest absolute Gasteiger partial charge is 0.0994 e. The molecule has 1 heterocycles. The molecule has 0 spiro atoms. The molecule has 1 aromatic carbocycles. The molecule has 1 fully saturated rings. The van der Waals surface area contributed by atoms with Gasteiger partial charge in [0.05, 0.1) is 11.6 Å². The average molecular weight is 215 g/mol. The minimum absolute atomic E-state index is 0.564. The normalized spacial score (nSPS) is 16.8. The highest BCUT2D eigenvalue weighted by Crippen LogP contribution is 2.17. The van der Waals surface area contributed by atoms with Gasteiger partial charge in [0.1, 0.15) is 0 Å². The molecular weight excluding hydrogens is 198 g/mol. The summed E-state index contributed by atoms with van der Waals surface area (Å²) in [5, 5.41) is 15.7. The Hall–Kier alpha value is -1.53. The summed E-state index contributed by atoms with van der Waals surface area (Å²) < 4.78 is 0. The number of hydrogen-bond acceptors (Lipinski definition) is 3. The van der Waals surface area contributed by atoms with Crippen LogP contribution >= 0.6 is 0 Å². The zero-order valence-electron chi connectivity index (χ0n) is 9.59. The van der Waals surface area contributed by atoms with E-state index in [1.165, 1.54) is 12.8 Å². The van der Waals surface area contributed by atoms with E-state index in [9.17, 15) is 0 Å². The van der Waals surface area contributed by atoms with Crippen LogP contribution in [0.1, 0.15) is 24.0 Å². The van der Waals surface area contributed by atoms with E-state index < -0.39 is 0 Å². The predicted molar refractivity (Wildman–Crippen MR) is 65.4 cm³/mol. The molecule has 0 bridgehead atoms. The quantitative estimate of drug-likeness (QED) is 0.793. The van der Waals surface area contributed by atoms with Gasteiger partial charge in [-0.25, -0.2) is 0 Å². The Balaban J connectivity index is 2.04. The first kappa shape index (κ1) is 11.0. The Morgan fingerprint density at radius 2 is 2.12 bits per heavy atom. The number of nitrogens with one attached hydrogen (secondary N) is 2. The Morgan fingerprint density at radius 1 is 1.38 bits per heavy atom. The highest BCUT2D eigenvalue weighted by Gasteiger charge is 2.12. The third-order valence-corrected chi connectivity index (χ3v) is 3.06. The van der Waals surface area contributed by atoms with Crippen LogP contribution in [0.15, 0.2) is 18.2 Å². The van der Waals surface area contributed by atoms with Crippen LogP contribution < -0.4 is 10.6 Å². The summed E-state index contributed by atoms with van der Waals surface area (Å²) in [6.45, 7) is 4.16. The van der Waals surface area contributed by atoms with Crippen molar-refractivity contribution in [2.45, 2.75) is 25.8 Å². The second kappa shape index (κ2) is 5.00. The lowest BCUT2D eigenvalue weighted by atomic mass is 10.0. The molecule has 1 aliphatic rings. The van der Waals surface area contributed by atoms with E-state index in [0.29, 0.717) is 6.04 Å². The molecule has 0 atom stereocenters.